The number of nitrogens with zero attached hydrogens (tertiary/aromatic N) is 1. The molecule has 0 unspecified atom stereocenters. The summed E-state index contributed by atoms with van der Waals surface area (Å²) in [6, 6.07) is 8.16. The van der Waals surface area contributed by atoms with E-state index in [2.05, 4.69) is 36.1 Å². The average Bonchev–Trinajstić information content (AvgIpc) is 2.60. The summed E-state index contributed by atoms with van der Waals surface area (Å²) >= 11 is 1.76. The first-order valence-corrected chi connectivity index (χ1v) is 5.69. The topological polar surface area (TPSA) is 13.1 Å². The fraction of sp³-hybridized carbons (Fsp3) is 0.250. The van der Waals surface area contributed by atoms with Gasteiger partial charge in [0.05, 0.1) is 18.1 Å². The molecule has 0 aliphatic carbocycles. The molecule has 0 fully saturated rings. The molecule has 0 radical (unpaired) electrons. The number of rotatable bonds is 2. The molecule has 1 heterocycles. The standard InChI is InChI=1S/C12H14NOS/c1-9-8-15-12(13(9)2)10-4-6-11(14-3)7-5-10/h4-8H,1-3H3/q+1. The average molecular weight is 220 g/mol. The number of methoxy groups -OCH3 is 1. The van der Waals surface area contributed by atoms with Gasteiger partial charge >= 0.3 is 0 Å². The van der Waals surface area contributed by atoms with E-state index in [9.17, 15) is 0 Å². The predicted molar refractivity (Wildman–Crippen MR) is 62.2 cm³/mol. The minimum absolute atomic E-state index is 0.898. The lowest BCUT2D eigenvalue weighted by Crippen LogP contribution is -2.30. The van der Waals surface area contributed by atoms with E-state index in [1.807, 2.05) is 12.1 Å². The van der Waals surface area contributed by atoms with Crippen LogP contribution in [0.2, 0.25) is 0 Å². The van der Waals surface area contributed by atoms with E-state index in [1.165, 1.54) is 16.3 Å². The molecule has 2 nitrogen and oxygen atoms in total. The van der Waals surface area contributed by atoms with Crippen molar-refractivity contribution in [3.8, 4) is 16.3 Å². The van der Waals surface area contributed by atoms with Gasteiger partial charge in [-0.3, -0.25) is 0 Å². The lowest BCUT2D eigenvalue weighted by molar-refractivity contribution is -0.662. The molecule has 0 N–H and O–H groups in total. The fourth-order valence-electron chi connectivity index (χ4n) is 1.45. The number of aryl methyl sites for hydroxylation is 1. The molecule has 3 heteroatoms. The van der Waals surface area contributed by atoms with Gasteiger partial charge in [-0.2, -0.15) is 4.57 Å². The van der Waals surface area contributed by atoms with Crippen LogP contribution in [0.1, 0.15) is 5.69 Å². The molecule has 1 aromatic heterocycles. The highest BCUT2D eigenvalue weighted by Gasteiger charge is 2.14. The van der Waals surface area contributed by atoms with E-state index in [4.69, 9.17) is 4.74 Å². The molecular weight excluding hydrogens is 206 g/mol. The third-order valence-electron chi connectivity index (χ3n) is 2.51. The SMILES string of the molecule is COc1ccc(-c2scc(C)[n+]2C)cc1. The van der Waals surface area contributed by atoms with Crippen LogP contribution in [-0.2, 0) is 7.05 Å². The zero-order chi connectivity index (χ0) is 10.8. The van der Waals surface area contributed by atoms with Crippen LogP contribution in [0.5, 0.6) is 5.75 Å². The van der Waals surface area contributed by atoms with Crippen molar-refractivity contribution in [2.45, 2.75) is 6.92 Å². The summed E-state index contributed by atoms with van der Waals surface area (Å²) in [7, 11) is 3.77. The summed E-state index contributed by atoms with van der Waals surface area (Å²) in [4.78, 5) is 0. The van der Waals surface area contributed by atoms with Crippen molar-refractivity contribution in [3.63, 3.8) is 0 Å². The third-order valence-corrected chi connectivity index (χ3v) is 3.70. The van der Waals surface area contributed by atoms with Crippen molar-refractivity contribution < 1.29 is 9.30 Å². The van der Waals surface area contributed by atoms with Crippen LogP contribution in [0.25, 0.3) is 10.6 Å². The van der Waals surface area contributed by atoms with Gasteiger partial charge in [-0.25, -0.2) is 0 Å². The summed E-state index contributed by atoms with van der Waals surface area (Å²) in [5.74, 6) is 0.898. The molecule has 78 valence electrons. The molecule has 0 saturated carbocycles. The molecule has 0 aliphatic heterocycles. The van der Waals surface area contributed by atoms with Crippen LogP contribution in [0.4, 0.5) is 0 Å². The predicted octanol–water partition coefficient (Wildman–Crippen LogP) is 2.56. The Bertz CT molecular complexity index is 459. The van der Waals surface area contributed by atoms with Crippen molar-refractivity contribution in [1.29, 1.82) is 0 Å². The molecule has 2 aromatic rings. The van der Waals surface area contributed by atoms with Gasteiger partial charge in [0.2, 0.25) is 0 Å². The number of hydrogen-bond donors (Lipinski definition) is 0. The summed E-state index contributed by atoms with van der Waals surface area (Å²) in [5, 5.41) is 3.44. The maximum Gasteiger partial charge on any atom is 0.268 e. The lowest BCUT2D eigenvalue weighted by Gasteiger charge is -1.99. The van der Waals surface area contributed by atoms with Crippen LogP contribution >= 0.6 is 11.3 Å². The van der Waals surface area contributed by atoms with Crippen LogP contribution in [-0.4, -0.2) is 7.11 Å². The van der Waals surface area contributed by atoms with E-state index in [0.717, 1.165) is 5.75 Å². The first-order chi connectivity index (χ1) is 7.22. The highest BCUT2D eigenvalue weighted by atomic mass is 32.1. The second kappa shape index (κ2) is 4.03. The number of hydrogen-bond acceptors (Lipinski definition) is 2. The molecule has 0 bridgehead atoms. The van der Waals surface area contributed by atoms with Crippen molar-refractivity contribution in [2.24, 2.45) is 7.05 Å². The summed E-state index contributed by atoms with van der Waals surface area (Å²) in [6.45, 7) is 2.11. The van der Waals surface area contributed by atoms with Crippen LogP contribution in [0, 0.1) is 6.92 Å². The fourth-order valence-corrected chi connectivity index (χ4v) is 2.47. The Morgan fingerprint density at radius 1 is 1.20 bits per heavy atom. The maximum atomic E-state index is 5.14. The normalized spacial score (nSPS) is 10.3. The van der Waals surface area contributed by atoms with E-state index in [-0.39, 0.29) is 0 Å². The summed E-state index contributed by atoms with van der Waals surface area (Å²) in [5.41, 5.74) is 2.52. The first-order valence-electron chi connectivity index (χ1n) is 4.81. The Balaban J connectivity index is 2.41. The number of ether oxygens (including phenoxy) is 1. The Morgan fingerprint density at radius 2 is 1.87 bits per heavy atom. The molecule has 0 atom stereocenters. The first kappa shape index (κ1) is 10.2. The lowest BCUT2D eigenvalue weighted by atomic mass is 10.2. The number of benzene rings is 1. The second-order valence-corrected chi connectivity index (χ2v) is 4.33. The smallest absolute Gasteiger partial charge is 0.268 e. The number of thiazole rings is 1. The van der Waals surface area contributed by atoms with Crippen molar-refractivity contribution in [1.82, 2.24) is 0 Å². The van der Waals surface area contributed by atoms with Gasteiger partial charge in [0.15, 0.2) is 5.69 Å². The van der Waals surface area contributed by atoms with Gasteiger partial charge in [0.25, 0.3) is 5.01 Å². The second-order valence-electron chi connectivity index (χ2n) is 3.47. The molecule has 0 aliphatic rings. The van der Waals surface area contributed by atoms with Gasteiger partial charge in [0, 0.05) is 6.92 Å². The Labute approximate surface area is 93.8 Å². The van der Waals surface area contributed by atoms with Crippen LogP contribution in [0.3, 0.4) is 0 Å². The summed E-state index contributed by atoms with van der Waals surface area (Å²) < 4.78 is 7.34. The van der Waals surface area contributed by atoms with Crippen LogP contribution < -0.4 is 9.30 Å². The van der Waals surface area contributed by atoms with Crippen molar-refractivity contribution >= 4 is 11.3 Å². The zero-order valence-electron chi connectivity index (χ0n) is 9.15. The van der Waals surface area contributed by atoms with Crippen LogP contribution in [0.15, 0.2) is 29.6 Å². The molecule has 0 spiro atoms. The monoisotopic (exact) mass is 220 g/mol. The number of aromatic nitrogens is 1. The Morgan fingerprint density at radius 3 is 2.33 bits per heavy atom. The highest BCUT2D eigenvalue weighted by molar-refractivity contribution is 7.12. The zero-order valence-corrected chi connectivity index (χ0v) is 9.97. The van der Waals surface area contributed by atoms with E-state index in [1.54, 1.807) is 18.4 Å². The Kier molecular flexibility index (Phi) is 2.73. The van der Waals surface area contributed by atoms with E-state index < -0.39 is 0 Å². The van der Waals surface area contributed by atoms with Crippen molar-refractivity contribution in [2.75, 3.05) is 7.11 Å². The molecule has 0 amide bonds. The van der Waals surface area contributed by atoms with E-state index in [0.29, 0.717) is 0 Å². The third kappa shape index (κ3) is 1.88. The molecule has 0 saturated heterocycles. The molecule has 15 heavy (non-hydrogen) atoms. The minimum Gasteiger partial charge on any atom is -0.497 e. The van der Waals surface area contributed by atoms with E-state index >= 15 is 0 Å². The molecular formula is C12H14NOS+. The quantitative estimate of drug-likeness (QED) is 0.709. The Hall–Kier alpha value is -1.35. The van der Waals surface area contributed by atoms with Gasteiger partial charge in [0.1, 0.15) is 12.8 Å². The largest absolute Gasteiger partial charge is 0.497 e. The summed E-state index contributed by atoms with van der Waals surface area (Å²) in [6.07, 6.45) is 0. The highest BCUT2D eigenvalue weighted by Crippen LogP contribution is 2.23. The van der Waals surface area contributed by atoms with Gasteiger partial charge in [-0.05, 0) is 24.3 Å². The van der Waals surface area contributed by atoms with Gasteiger partial charge in [-0.15, -0.1) is 0 Å². The molecule has 2 rings (SSSR count). The van der Waals surface area contributed by atoms with Gasteiger partial charge < -0.3 is 4.74 Å². The minimum atomic E-state index is 0.898. The molecule has 1 aromatic carbocycles. The van der Waals surface area contributed by atoms with Gasteiger partial charge in [-0.1, -0.05) is 11.3 Å². The maximum absolute atomic E-state index is 5.14. The van der Waals surface area contributed by atoms with Crippen molar-refractivity contribution in [3.05, 3.63) is 35.3 Å².